The average molecular weight is 351 g/mol. The number of benzene rings is 1. The molecule has 0 radical (unpaired) electrons. The van der Waals surface area contributed by atoms with Gasteiger partial charge in [0.2, 0.25) is 5.95 Å². The lowest BCUT2D eigenvalue weighted by atomic mass is 10.1. The van der Waals surface area contributed by atoms with Crippen molar-refractivity contribution in [1.82, 2.24) is 14.9 Å². The highest BCUT2D eigenvalue weighted by atomic mass is 15.3. The van der Waals surface area contributed by atoms with E-state index < -0.39 is 0 Å². The fourth-order valence-electron chi connectivity index (χ4n) is 4.04. The summed E-state index contributed by atoms with van der Waals surface area (Å²) in [5.74, 6) is 2.00. The summed E-state index contributed by atoms with van der Waals surface area (Å²) < 4.78 is 0. The Morgan fingerprint density at radius 3 is 2.23 bits per heavy atom. The average Bonchev–Trinajstić information content (AvgIpc) is 3.23. The molecule has 0 bridgehead atoms. The summed E-state index contributed by atoms with van der Waals surface area (Å²) in [6.07, 6.45) is 2.54. The van der Waals surface area contributed by atoms with Crippen LogP contribution in [-0.2, 0) is 0 Å². The van der Waals surface area contributed by atoms with E-state index in [2.05, 4.69) is 64.9 Å². The number of rotatable bonds is 4. The molecule has 3 heterocycles. The lowest BCUT2D eigenvalue weighted by Gasteiger charge is -2.38. The largest absolute Gasteiger partial charge is 0.356 e. The lowest BCUT2D eigenvalue weighted by molar-refractivity contribution is 0.198. The zero-order valence-electron chi connectivity index (χ0n) is 15.9. The van der Waals surface area contributed by atoms with Crippen molar-refractivity contribution in [2.24, 2.45) is 0 Å². The number of hydrogen-bond donors (Lipinski definition) is 0. The minimum atomic E-state index is 0.455. The van der Waals surface area contributed by atoms with Crippen molar-refractivity contribution in [3.8, 4) is 0 Å². The van der Waals surface area contributed by atoms with Crippen LogP contribution in [0.3, 0.4) is 0 Å². The standard InChI is InChI=1S/C21H29N5/c1-17-16-20(25-10-6-7-11-25)23-21(22-17)26-14-12-24(13-15-26)18(2)19-8-4-3-5-9-19/h3-5,8-9,16,18H,6-7,10-15H2,1-2H3. The molecule has 2 aliphatic heterocycles. The van der Waals surface area contributed by atoms with Crippen LogP contribution in [0.4, 0.5) is 11.8 Å². The van der Waals surface area contributed by atoms with Crippen LogP contribution in [0.15, 0.2) is 36.4 Å². The van der Waals surface area contributed by atoms with Crippen LogP contribution in [0.25, 0.3) is 0 Å². The Hall–Kier alpha value is -2.14. The summed E-state index contributed by atoms with van der Waals surface area (Å²) >= 11 is 0. The molecule has 2 aliphatic rings. The molecule has 0 amide bonds. The minimum Gasteiger partial charge on any atom is -0.356 e. The van der Waals surface area contributed by atoms with E-state index in [4.69, 9.17) is 9.97 Å². The summed E-state index contributed by atoms with van der Waals surface area (Å²) in [5, 5.41) is 0. The van der Waals surface area contributed by atoms with Crippen LogP contribution in [0.2, 0.25) is 0 Å². The Kier molecular flexibility index (Phi) is 5.07. The number of piperazine rings is 1. The predicted octanol–water partition coefficient (Wildman–Crippen LogP) is 3.27. The van der Waals surface area contributed by atoms with Crippen molar-refractivity contribution in [2.75, 3.05) is 49.1 Å². The van der Waals surface area contributed by atoms with Gasteiger partial charge >= 0.3 is 0 Å². The SMILES string of the molecule is Cc1cc(N2CCCC2)nc(N2CCN(C(C)c3ccccc3)CC2)n1. The molecule has 0 spiro atoms. The maximum atomic E-state index is 4.89. The van der Waals surface area contributed by atoms with Gasteiger partial charge in [-0.15, -0.1) is 0 Å². The van der Waals surface area contributed by atoms with E-state index >= 15 is 0 Å². The third-order valence-corrected chi connectivity index (χ3v) is 5.69. The summed E-state index contributed by atoms with van der Waals surface area (Å²) in [6.45, 7) is 10.7. The third kappa shape index (κ3) is 3.68. The molecule has 5 nitrogen and oxygen atoms in total. The van der Waals surface area contributed by atoms with Gasteiger partial charge in [-0.1, -0.05) is 30.3 Å². The van der Waals surface area contributed by atoms with Crippen LogP contribution >= 0.6 is 0 Å². The topological polar surface area (TPSA) is 35.5 Å². The predicted molar refractivity (Wildman–Crippen MR) is 107 cm³/mol. The first-order valence-electron chi connectivity index (χ1n) is 9.85. The Morgan fingerprint density at radius 2 is 1.54 bits per heavy atom. The highest BCUT2D eigenvalue weighted by molar-refractivity contribution is 5.46. The second kappa shape index (κ2) is 7.62. The van der Waals surface area contributed by atoms with Crippen molar-refractivity contribution in [2.45, 2.75) is 32.7 Å². The summed E-state index contributed by atoms with van der Waals surface area (Å²) in [7, 11) is 0. The van der Waals surface area contributed by atoms with Crippen molar-refractivity contribution >= 4 is 11.8 Å². The van der Waals surface area contributed by atoms with Gasteiger partial charge < -0.3 is 9.80 Å². The monoisotopic (exact) mass is 351 g/mol. The number of nitrogens with zero attached hydrogens (tertiary/aromatic N) is 5. The van der Waals surface area contributed by atoms with Crippen molar-refractivity contribution in [3.05, 3.63) is 47.7 Å². The van der Waals surface area contributed by atoms with Gasteiger partial charge in [-0.2, -0.15) is 4.98 Å². The maximum Gasteiger partial charge on any atom is 0.227 e. The second-order valence-corrected chi connectivity index (χ2v) is 7.47. The summed E-state index contributed by atoms with van der Waals surface area (Å²) in [6, 6.07) is 13.4. The van der Waals surface area contributed by atoms with Crippen molar-refractivity contribution in [1.29, 1.82) is 0 Å². The zero-order chi connectivity index (χ0) is 17.9. The smallest absolute Gasteiger partial charge is 0.227 e. The Balaban J connectivity index is 1.43. The van der Waals surface area contributed by atoms with Gasteiger partial charge in [-0.05, 0) is 32.3 Å². The van der Waals surface area contributed by atoms with Crippen LogP contribution < -0.4 is 9.80 Å². The van der Waals surface area contributed by atoms with E-state index in [0.717, 1.165) is 56.7 Å². The molecule has 1 atom stereocenters. The molecule has 5 heteroatoms. The molecule has 1 aromatic heterocycles. The zero-order valence-corrected chi connectivity index (χ0v) is 15.9. The number of aromatic nitrogens is 2. The van der Waals surface area contributed by atoms with Crippen molar-refractivity contribution in [3.63, 3.8) is 0 Å². The molecule has 26 heavy (non-hydrogen) atoms. The molecule has 2 fully saturated rings. The summed E-state index contributed by atoms with van der Waals surface area (Å²) in [4.78, 5) is 16.9. The molecular formula is C21H29N5. The van der Waals surface area contributed by atoms with Gasteiger partial charge in [0.25, 0.3) is 0 Å². The van der Waals surface area contributed by atoms with E-state index in [-0.39, 0.29) is 0 Å². The molecule has 4 rings (SSSR count). The van der Waals surface area contributed by atoms with E-state index in [1.54, 1.807) is 0 Å². The Morgan fingerprint density at radius 1 is 0.846 bits per heavy atom. The first-order valence-corrected chi connectivity index (χ1v) is 9.85. The Labute approximate surface area is 156 Å². The van der Waals surface area contributed by atoms with Crippen LogP contribution in [0, 0.1) is 6.92 Å². The molecular weight excluding hydrogens is 322 g/mol. The maximum absolute atomic E-state index is 4.89. The number of aryl methyl sites for hydroxylation is 1. The van der Waals surface area contributed by atoms with E-state index in [9.17, 15) is 0 Å². The van der Waals surface area contributed by atoms with Crippen LogP contribution in [0.5, 0.6) is 0 Å². The van der Waals surface area contributed by atoms with E-state index in [0.29, 0.717) is 6.04 Å². The highest BCUT2D eigenvalue weighted by Gasteiger charge is 2.24. The number of hydrogen-bond acceptors (Lipinski definition) is 5. The van der Waals surface area contributed by atoms with Gasteiger partial charge in [0.15, 0.2) is 0 Å². The highest BCUT2D eigenvalue weighted by Crippen LogP contribution is 2.25. The van der Waals surface area contributed by atoms with Crippen LogP contribution in [-0.4, -0.2) is 54.1 Å². The van der Waals surface area contributed by atoms with Gasteiger partial charge in [0.05, 0.1) is 0 Å². The first-order chi connectivity index (χ1) is 12.7. The molecule has 2 aromatic rings. The quantitative estimate of drug-likeness (QED) is 0.845. The fourth-order valence-corrected chi connectivity index (χ4v) is 4.04. The molecule has 0 aliphatic carbocycles. The van der Waals surface area contributed by atoms with E-state index in [1.165, 1.54) is 18.4 Å². The molecule has 2 saturated heterocycles. The molecule has 1 unspecified atom stereocenters. The van der Waals surface area contributed by atoms with E-state index in [1.807, 2.05) is 0 Å². The fraction of sp³-hybridized carbons (Fsp3) is 0.524. The molecule has 0 N–H and O–H groups in total. The van der Waals surface area contributed by atoms with Gasteiger partial charge in [-0.3, -0.25) is 4.90 Å². The molecule has 0 saturated carbocycles. The van der Waals surface area contributed by atoms with Gasteiger partial charge in [0, 0.05) is 57.1 Å². The first kappa shape index (κ1) is 17.3. The Bertz CT molecular complexity index is 718. The normalized spacial score (nSPS) is 19.8. The number of anilines is 2. The van der Waals surface area contributed by atoms with Crippen LogP contribution in [0.1, 0.15) is 37.1 Å². The molecule has 138 valence electrons. The van der Waals surface area contributed by atoms with Crippen molar-refractivity contribution < 1.29 is 0 Å². The lowest BCUT2D eigenvalue weighted by Crippen LogP contribution is -2.47. The summed E-state index contributed by atoms with van der Waals surface area (Å²) in [5.41, 5.74) is 2.46. The molecule has 1 aromatic carbocycles. The second-order valence-electron chi connectivity index (χ2n) is 7.47. The van der Waals surface area contributed by atoms with Gasteiger partial charge in [-0.25, -0.2) is 4.98 Å². The third-order valence-electron chi connectivity index (χ3n) is 5.69. The van der Waals surface area contributed by atoms with Gasteiger partial charge in [0.1, 0.15) is 5.82 Å². The minimum absolute atomic E-state index is 0.455.